The van der Waals surface area contributed by atoms with Crippen LogP contribution in [0.25, 0.3) is 12.2 Å². The van der Waals surface area contributed by atoms with E-state index in [-0.39, 0.29) is 44.8 Å². The van der Waals surface area contributed by atoms with Crippen molar-refractivity contribution in [3.8, 4) is 5.75 Å². The number of allylic oxidation sites excluding steroid dienone is 2. The summed E-state index contributed by atoms with van der Waals surface area (Å²) in [5.74, 6) is 1.31. The molecule has 0 aromatic heterocycles. The fourth-order valence-electron chi connectivity index (χ4n) is 3.66. The molecule has 0 unspecified atom stereocenters. The Morgan fingerprint density at radius 2 is 0.800 bits per heavy atom. The van der Waals surface area contributed by atoms with Crippen molar-refractivity contribution in [3.05, 3.63) is 145 Å². The number of hydrogen-bond acceptors (Lipinski definition) is 7. The lowest BCUT2D eigenvalue weighted by Crippen LogP contribution is -2.17. The lowest BCUT2D eigenvalue weighted by molar-refractivity contribution is -0.124. The minimum Gasteiger partial charge on any atom is -0.496 e. The number of carbonyl (C=O) groups excluding carboxylic acids is 6. The van der Waals surface area contributed by atoms with Gasteiger partial charge in [-0.25, -0.2) is 0 Å². The first-order valence-corrected chi connectivity index (χ1v) is 22.2. The molecule has 0 saturated carbocycles. The van der Waals surface area contributed by atoms with Crippen molar-refractivity contribution in [3.63, 3.8) is 0 Å². The summed E-state index contributed by atoms with van der Waals surface area (Å²) in [5.41, 5.74) is 2.97. The highest BCUT2D eigenvalue weighted by molar-refractivity contribution is 6.38. The topological polar surface area (TPSA) is 112 Å². The maximum Gasteiger partial charge on any atom is 0.161 e. The van der Waals surface area contributed by atoms with Gasteiger partial charge in [0.2, 0.25) is 0 Å². The smallest absolute Gasteiger partial charge is 0.161 e. The zero-order valence-corrected chi connectivity index (χ0v) is 43.9. The van der Waals surface area contributed by atoms with Crippen LogP contribution in [0, 0.1) is 28.6 Å². The second-order valence-corrected chi connectivity index (χ2v) is 20.2. The Bertz CT molecular complexity index is 2160. The first-order chi connectivity index (χ1) is 29.8. The number of benzene rings is 4. The van der Waals surface area contributed by atoms with E-state index in [0.717, 1.165) is 11.8 Å². The van der Waals surface area contributed by atoms with E-state index < -0.39 is 0 Å². The van der Waals surface area contributed by atoms with Crippen LogP contribution in [0.3, 0.4) is 0 Å². The number of carbonyl (C=O) groups is 6. The van der Waals surface area contributed by atoms with Crippen molar-refractivity contribution < 1.29 is 33.5 Å². The van der Waals surface area contributed by atoms with Crippen LogP contribution in [0.4, 0.5) is 0 Å². The van der Waals surface area contributed by atoms with Crippen LogP contribution in [0.5, 0.6) is 5.75 Å². The molecule has 11 heteroatoms. The number of Topliss-reactive ketones (excluding diaryl/α,β-unsaturated/α-hetero) is 2. The number of halogens is 4. The molecule has 0 heterocycles. The second-order valence-electron chi connectivity index (χ2n) is 18.6. The predicted molar refractivity (Wildman–Crippen MR) is 275 cm³/mol. The van der Waals surface area contributed by atoms with Crippen LogP contribution in [0.15, 0.2) is 97.1 Å². The molecule has 4 rings (SSSR count). The van der Waals surface area contributed by atoms with Crippen LogP contribution in [-0.4, -0.2) is 42.8 Å². The van der Waals surface area contributed by atoms with E-state index >= 15 is 0 Å². The fraction of sp³-hybridized carbons (Fsp3) is 0.370. The molecule has 0 radical (unpaired) electrons. The van der Waals surface area contributed by atoms with Gasteiger partial charge in [-0.15, -0.1) is 0 Å². The maximum absolute atomic E-state index is 11.7. The molecule has 7 nitrogen and oxygen atoms in total. The summed E-state index contributed by atoms with van der Waals surface area (Å²) in [7, 11) is 1.54. The third kappa shape index (κ3) is 26.8. The SMILES string of the molecule is CC(=O)C(C)(C)C.CC(=O)C(C)(C)C.CC(C)(C)C(=O)/C=C/c1c(Cl)cccc1Cl.COc1ccccc1C=O.Cc1ccccc1/C=C/C(=O)C(C)(C)C.O=Cc1c(Cl)cccc1Cl. The Morgan fingerprint density at radius 1 is 0.462 bits per heavy atom. The van der Waals surface area contributed by atoms with Gasteiger partial charge in [0.1, 0.15) is 17.3 Å². The average molecular weight is 971 g/mol. The summed E-state index contributed by atoms with van der Waals surface area (Å²) < 4.78 is 4.90. The number of para-hydroxylation sites is 1. The van der Waals surface area contributed by atoms with Crippen LogP contribution in [0.2, 0.25) is 20.1 Å². The first-order valence-electron chi connectivity index (χ1n) is 20.7. The summed E-state index contributed by atoms with van der Waals surface area (Å²) >= 11 is 23.2. The summed E-state index contributed by atoms with van der Waals surface area (Å²) in [6.45, 7) is 28.1. The van der Waals surface area contributed by atoms with E-state index in [0.29, 0.717) is 48.8 Å². The lowest BCUT2D eigenvalue weighted by atomic mass is 9.90. The highest BCUT2D eigenvalue weighted by atomic mass is 35.5. The standard InChI is InChI=1S/C14H18O.C13H14Cl2O.C8H8O2.C7H4Cl2O.2C6H12O/c1-11-7-5-6-8-12(11)9-10-13(15)14(2,3)4;1-13(2,3)12(16)8-7-9-10(14)5-4-6-11(9)15;1-10-8-5-3-2-4-7(8)6-9;8-6-2-1-3-7(9)5(6)4-10;2*1-5(7)6(2,3)4/h5-10H,1-4H3;4-8H,1-3H3;2-6H,1H3;1-4H;2*1-4H3/b10-9+;8-7+;;;;. The van der Waals surface area contributed by atoms with E-state index in [2.05, 4.69) is 0 Å². The molecule has 0 atom stereocenters. The van der Waals surface area contributed by atoms with Gasteiger partial charge in [-0.1, -0.05) is 184 Å². The first kappa shape index (κ1) is 62.4. The molecule has 4 aromatic carbocycles. The van der Waals surface area contributed by atoms with Gasteiger partial charge in [0.25, 0.3) is 0 Å². The number of methoxy groups -OCH3 is 1. The van der Waals surface area contributed by atoms with Gasteiger partial charge < -0.3 is 4.74 Å². The van der Waals surface area contributed by atoms with Crippen LogP contribution in [0.1, 0.15) is 134 Å². The van der Waals surface area contributed by atoms with E-state index in [9.17, 15) is 28.8 Å². The molecule has 0 bridgehead atoms. The zero-order valence-electron chi connectivity index (χ0n) is 40.9. The number of aryl methyl sites for hydroxylation is 1. The summed E-state index contributed by atoms with van der Waals surface area (Å²) in [6.07, 6.45) is 8.17. The van der Waals surface area contributed by atoms with Crippen molar-refractivity contribution in [1.29, 1.82) is 0 Å². The van der Waals surface area contributed by atoms with Gasteiger partial charge in [-0.2, -0.15) is 0 Å². The summed E-state index contributed by atoms with van der Waals surface area (Å²) in [4.78, 5) is 64.9. The van der Waals surface area contributed by atoms with Crippen LogP contribution in [-0.2, 0) is 19.2 Å². The highest BCUT2D eigenvalue weighted by Crippen LogP contribution is 2.27. The molecule has 4 aromatic rings. The van der Waals surface area contributed by atoms with Gasteiger partial charge in [0.05, 0.1) is 28.3 Å². The molecule has 0 N–H and O–H groups in total. The van der Waals surface area contributed by atoms with Gasteiger partial charge in [0.15, 0.2) is 24.1 Å². The number of ether oxygens (including phenoxy) is 1. The van der Waals surface area contributed by atoms with Crippen molar-refractivity contribution in [2.24, 2.45) is 21.7 Å². The second kappa shape index (κ2) is 29.8. The highest BCUT2D eigenvalue weighted by Gasteiger charge is 2.19. The molecular weight excluding hydrogens is 902 g/mol. The lowest BCUT2D eigenvalue weighted by Gasteiger charge is -2.13. The Hall–Kier alpha value is -4.66. The molecule has 354 valence electrons. The van der Waals surface area contributed by atoms with Gasteiger partial charge in [0, 0.05) is 37.3 Å². The van der Waals surface area contributed by atoms with Crippen LogP contribution < -0.4 is 4.74 Å². The van der Waals surface area contributed by atoms with Crippen molar-refractivity contribution in [2.75, 3.05) is 7.11 Å². The molecule has 0 saturated heterocycles. The van der Waals surface area contributed by atoms with Crippen LogP contribution >= 0.6 is 46.4 Å². The quantitative estimate of drug-likeness (QED) is 0.134. The molecule has 0 aliphatic carbocycles. The number of rotatable bonds is 7. The third-order valence-corrected chi connectivity index (χ3v) is 10.3. The summed E-state index contributed by atoms with van der Waals surface area (Å²) in [5, 5.41) is 1.88. The van der Waals surface area contributed by atoms with Gasteiger partial charge in [-0.3, -0.25) is 28.8 Å². The molecule has 0 aliphatic rings. The fourth-order valence-corrected chi connectivity index (χ4v) is 4.67. The molecule has 65 heavy (non-hydrogen) atoms. The average Bonchev–Trinajstić information content (AvgIpc) is 3.20. The molecule has 0 fully saturated rings. The Balaban J connectivity index is 0. The monoisotopic (exact) mass is 968 g/mol. The largest absolute Gasteiger partial charge is 0.496 e. The minimum atomic E-state index is -0.385. The molecular formula is C54H68Cl4O7. The number of hydrogen-bond donors (Lipinski definition) is 0. The maximum atomic E-state index is 11.7. The molecule has 0 amide bonds. The van der Waals surface area contributed by atoms with Crippen molar-refractivity contribution >= 4 is 94.3 Å². The Kier molecular flexibility index (Phi) is 28.6. The van der Waals surface area contributed by atoms with Crippen molar-refractivity contribution in [2.45, 2.75) is 104 Å². The van der Waals surface area contributed by atoms with E-state index in [1.165, 1.54) is 11.6 Å². The Morgan fingerprint density at radius 3 is 1.09 bits per heavy atom. The van der Waals surface area contributed by atoms with Gasteiger partial charge >= 0.3 is 0 Å². The van der Waals surface area contributed by atoms with Crippen molar-refractivity contribution in [1.82, 2.24) is 0 Å². The number of ketones is 4. The molecule has 0 spiro atoms. The van der Waals surface area contributed by atoms with E-state index in [1.807, 2.05) is 126 Å². The third-order valence-electron chi connectivity index (χ3n) is 8.98. The molecule has 0 aliphatic heterocycles. The van der Waals surface area contributed by atoms with E-state index in [1.54, 1.807) is 87.7 Å². The zero-order chi connectivity index (χ0) is 50.9. The normalized spacial score (nSPS) is 11.0. The van der Waals surface area contributed by atoms with E-state index in [4.69, 9.17) is 51.1 Å². The minimum absolute atomic E-state index is 0.0449. The number of aldehydes is 2. The summed E-state index contributed by atoms with van der Waals surface area (Å²) in [6, 6.07) is 25.3. The van der Waals surface area contributed by atoms with Gasteiger partial charge in [-0.05, 0) is 86.5 Å². The predicted octanol–water partition coefficient (Wildman–Crippen LogP) is 15.8. The Labute approximate surface area is 408 Å².